The van der Waals surface area contributed by atoms with E-state index < -0.39 is 0 Å². The predicted molar refractivity (Wildman–Crippen MR) is 124 cm³/mol. The minimum absolute atomic E-state index is 0.117. The molecule has 2 aromatic carbocycles. The largest absolute Gasteiger partial charge is 0.489 e. The number of benzene rings is 2. The van der Waals surface area contributed by atoms with Crippen LogP contribution >= 0.6 is 0 Å². The van der Waals surface area contributed by atoms with Gasteiger partial charge in [0.25, 0.3) is 0 Å². The second-order valence-corrected chi connectivity index (χ2v) is 8.81. The molecule has 2 aromatic rings. The van der Waals surface area contributed by atoms with E-state index in [4.69, 9.17) is 4.74 Å². The molecule has 0 aromatic heterocycles. The Balaban J connectivity index is 1.42. The summed E-state index contributed by atoms with van der Waals surface area (Å²) >= 11 is 0. The quantitative estimate of drug-likeness (QED) is 0.650. The maximum Gasteiger partial charge on any atom is 0.319 e. The highest BCUT2D eigenvalue weighted by atomic mass is 16.5. The lowest BCUT2D eigenvalue weighted by Gasteiger charge is -2.24. The zero-order valence-electron chi connectivity index (χ0n) is 18.5. The van der Waals surface area contributed by atoms with Gasteiger partial charge in [-0.2, -0.15) is 0 Å². The summed E-state index contributed by atoms with van der Waals surface area (Å²) in [5.41, 5.74) is 5.19. The number of ether oxygens (including phenoxy) is 1. The first-order chi connectivity index (χ1) is 15.0. The van der Waals surface area contributed by atoms with Crippen molar-refractivity contribution >= 4 is 17.4 Å². The number of rotatable bonds is 6. The molecule has 1 heterocycles. The van der Waals surface area contributed by atoms with Crippen molar-refractivity contribution in [2.75, 3.05) is 23.3 Å². The molecule has 2 amide bonds. The summed E-state index contributed by atoms with van der Waals surface area (Å²) in [6.07, 6.45) is 4.38. The monoisotopic (exact) mass is 423 g/mol. The maximum atomic E-state index is 12.6. The van der Waals surface area contributed by atoms with Crippen molar-refractivity contribution in [1.82, 2.24) is 5.32 Å². The van der Waals surface area contributed by atoms with E-state index in [9.17, 15) is 9.90 Å². The van der Waals surface area contributed by atoms with Crippen LogP contribution in [0.1, 0.15) is 49.8 Å². The minimum Gasteiger partial charge on any atom is -0.489 e. The van der Waals surface area contributed by atoms with Gasteiger partial charge < -0.3 is 25.4 Å². The second-order valence-electron chi connectivity index (χ2n) is 8.81. The smallest absolute Gasteiger partial charge is 0.319 e. The normalized spacial score (nSPS) is 18.1. The van der Waals surface area contributed by atoms with Gasteiger partial charge >= 0.3 is 6.03 Å². The molecule has 6 nitrogen and oxygen atoms in total. The summed E-state index contributed by atoms with van der Waals surface area (Å²) in [5, 5.41) is 16.0. The average molecular weight is 424 g/mol. The fourth-order valence-electron chi connectivity index (χ4n) is 4.47. The molecule has 3 N–H and O–H groups in total. The lowest BCUT2D eigenvalue weighted by Crippen LogP contribution is -2.30. The van der Waals surface area contributed by atoms with Crippen molar-refractivity contribution in [2.24, 2.45) is 0 Å². The standard InChI is InChI=1S/C25H33N3O3/c1-17(2)31-24-11-8-18(14-23(24)28-12-3-4-13-28)16-26-25(30)27-22-7-5-6-19-9-10-20(29)15-21(19)22/h5-8,11,14,17,20,29H,3-4,9-10,12-13,15-16H2,1-2H3,(H2,26,27,30). The molecule has 2 aliphatic rings. The molecule has 0 bridgehead atoms. The number of carbonyl (C=O) groups excluding carboxylic acids is 1. The Morgan fingerprint density at radius 1 is 1.23 bits per heavy atom. The Kier molecular flexibility index (Phi) is 6.66. The third-order valence-electron chi connectivity index (χ3n) is 5.99. The van der Waals surface area contributed by atoms with E-state index >= 15 is 0 Å². The highest BCUT2D eigenvalue weighted by molar-refractivity contribution is 5.90. The number of amides is 2. The minimum atomic E-state index is -0.339. The molecule has 1 fully saturated rings. The number of hydrogen-bond acceptors (Lipinski definition) is 4. The number of anilines is 2. The number of aliphatic hydroxyl groups is 1. The molecule has 6 heteroatoms. The van der Waals surface area contributed by atoms with Gasteiger partial charge in [0.2, 0.25) is 0 Å². The number of carbonyl (C=O) groups is 1. The number of fused-ring (bicyclic) bond motifs is 1. The topological polar surface area (TPSA) is 73.8 Å². The fraction of sp³-hybridized carbons (Fsp3) is 0.480. The molecule has 1 saturated heterocycles. The van der Waals surface area contributed by atoms with Crippen molar-refractivity contribution in [3.05, 3.63) is 53.1 Å². The van der Waals surface area contributed by atoms with Crippen LogP contribution in [-0.4, -0.2) is 36.4 Å². The highest BCUT2D eigenvalue weighted by Crippen LogP contribution is 2.33. The zero-order valence-corrected chi connectivity index (χ0v) is 18.5. The van der Waals surface area contributed by atoms with Gasteiger partial charge in [-0.05, 0) is 74.4 Å². The lowest BCUT2D eigenvalue weighted by molar-refractivity contribution is 0.159. The van der Waals surface area contributed by atoms with Crippen LogP contribution < -0.4 is 20.3 Å². The SMILES string of the molecule is CC(C)Oc1ccc(CNC(=O)Nc2cccc3c2CC(O)CC3)cc1N1CCCC1. The first-order valence-electron chi connectivity index (χ1n) is 11.4. The molecule has 0 radical (unpaired) electrons. The van der Waals surface area contributed by atoms with Gasteiger partial charge in [-0.3, -0.25) is 0 Å². The number of urea groups is 1. The van der Waals surface area contributed by atoms with E-state index in [1.54, 1.807) is 0 Å². The van der Waals surface area contributed by atoms with Crippen molar-refractivity contribution in [2.45, 2.75) is 64.7 Å². The fourth-order valence-corrected chi connectivity index (χ4v) is 4.47. The van der Waals surface area contributed by atoms with Crippen molar-refractivity contribution in [3.63, 3.8) is 0 Å². The Morgan fingerprint density at radius 3 is 2.81 bits per heavy atom. The Labute approximate surface area is 184 Å². The second kappa shape index (κ2) is 9.60. The number of aryl methyl sites for hydroxylation is 1. The highest BCUT2D eigenvalue weighted by Gasteiger charge is 2.20. The van der Waals surface area contributed by atoms with Gasteiger partial charge in [-0.1, -0.05) is 18.2 Å². The van der Waals surface area contributed by atoms with Crippen LogP contribution in [0.5, 0.6) is 5.75 Å². The number of nitrogens with zero attached hydrogens (tertiary/aromatic N) is 1. The van der Waals surface area contributed by atoms with Crippen molar-refractivity contribution < 1.29 is 14.6 Å². The molecule has 31 heavy (non-hydrogen) atoms. The van der Waals surface area contributed by atoms with Crippen LogP contribution in [0.4, 0.5) is 16.2 Å². The molecule has 1 aliphatic heterocycles. The molecule has 1 atom stereocenters. The molecule has 166 valence electrons. The summed E-state index contributed by atoms with van der Waals surface area (Å²) in [7, 11) is 0. The van der Waals surface area contributed by atoms with Crippen LogP contribution in [0.2, 0.25) is 0 Å². The van der Waals surface area contributed by atoms with E-state index in [1.807, 2.05) is 38.1 Å². The Hall–Kier alpha value is -2.73. The summed E-state index contributed by atoms with van der Waals surface area (Å²) in [4.78, 5) is 15.0. The van der Waals surface area contributed by atoms with Crippen LogP contribution in [0.15, 0.2) is 36.4 Å². The summed E-state index contributed by atoms with van der Waals surface area (Å²) < 4.78 is 6.02. The van der Waals surface area contributed by atoms with Gasteiger partial charge in [0.05, 0.1) is 17.9 Å². The van der Waals surface area contributed by atoms with Crippen LogP contribution in [-0.2, 0) is 19.4 Å². The van der Waals surface area contributed by atoms with E-state index in [0.29, 0.717) is 13.0 Å². The summed E-state index contributed by atoms with van der Waals surface area (Å²) in [6.45, 7) is 6.59. The first kappa shape index (κ1) is 21.5. The predicted octanol–water partition coefficient (Wildman–Crippen LogP) is 4.25. The van der Waals surface area contributed by atoms with Crippen LogP contribution in [0, 0.1) is 0 Å². The summed E-state index contributed by atoms with van der Waals surface area (Å²) in [6, 6.07) is 11.9. The van der Waals surface area contributed by atoms with Crippen LogP contribution in [0.3, 0.4) is 0 Å². The molecule has 1 unspecified atom stereocenters. The van der Waals surface area contributed by atoms with E-state index in [-0.39, 0.29) is 18.2 Å². The maximum absolute atomic E-state index is 12.6. The van der Waals surface area contributed by atoms with Crippen molar-refractivity contribution in [3.8, 4) is 5.75 Å². The average Bonchev–Trinajstić information content (AvgIpc) is 3.28. The molecule has 0 spiro atoms. The van der Waals surface area contributed by atoms with Crippen molar-refractivity contribution in [1.29, 1.82) is 0 Å². The third-order valence-corrected chi connectivity index (χ3v) is 5.99. The van der Waals surface area contributed by atoms with Gasteiger partial charge in [0.1, 0.15) is 5.75 Å². The number of aliphatic hydroxyl groups excluding tert-OH is 1. The Morgan fingerprint density at radius 2 is 2.03 bits per heavy atom. The van der Waals surface area contributed by atoms with Gasteiger partial charge in [0, 0.05) is 31.7 Å². The third kappa shape index (κ3) is 5.31. The zero-order chi connectivity index (χ0) is 21.8. The lowest BCUT2D eigenvalue weighted by atomic mass is 9.88. The molecule has 1 aliphatic carbocycles. The Bertz CT molecular complexity index is 922. The molecule has 4 rings (SSSR count). The van der Waals surface area contributed by atoms with E-state index in [2.05, 4.69) is 27.7 Å². The molecular formula is C25H33N3O3. The number of hydrogen-bond donors (Lipinski definition) is 3. The first-order valence-corrected chi connectivity index (χ1v) is 11.4. The van der Waals surface area contributed by atoms with E-state index in [0.717, 1.165) is 54.2 Å². The van der Waals surface area contributed by atoms with Gasteiger partial charge in [0.15, 0.2) is 0 Å². The van der Waals surface area contributed by atoms with Gasteiger partial charge in [-0.15, -0.1) is 0 Å². The van der Waals surface area contributed by atoms with Gasteiger partial charge in [-0.25, -0.2) is 4.79 Å². The number of nitrogens with one attached hydrogen (secondary N) is 2. The van der Waals surface area contributed by atoms with Crippen LogP contribution in [0.25, 0.3) is 0 Å². The van der Waals surface area contributed by atoms with E-state index in [1.165, 1.54) is 18.4 Å². The molecule has 0 saturated carbocycles. The summed E-state index contributed by atoms with van der Waals surface area (Å²) in [5.74, 6) is 0.902. The molecular weight excluding hydrogens is 390 g/mol.